The summed E-state index contributed by atoms with van der Waals surface area (Å²) in [6, 6.07) is 0.238. The predicted molar refractivity (Wildman–Crippen MR) is 94.5 cm³/mol. The van der Waals surface area contributed by atoms with Crippen molar-refractivity contribution in [2.45, 2.75) is 26.4 Å². The van der Waals surface area contributed by atoms with E-state index in [0.717, 1.165) is 10.9 Å². The Morgan fingerprint density at radius 1 is 1.17 bits per heavy atom. The average Bonchev–Trinajstić information content (AvgIpc) is 3.28. The van der Waals surface area contributed by atoms with Crippen molar-refractivity contribution in [2.75, 3.05) is 5.32 Å². The van der Waals surface area contributed by atoms with E-state index in [1.54, 1.807) is 0 Å². The third-order valence-electron chi connectivity index (χ3n) is 4.27. The third-order valence-corrected chi connectivity index (χ3v) is 4.27. The molecule has 0 aliphatic heterocycles. The normalized spacial score (nSPS) is 11.0. The Bertz CT molecular complexity index is 1130. The molecule has 0 saturated carbocycles. The number of anilines is 1. The number of nitrogens with one attached hydrogen (secondary N) is 1. The Morgan fingerprint density at radius 3 is 2.57 bits per heavy atom. The highest BCUT2D eigenvalue weighted by Gasteiger charge is 2.20. The van der Waals surface area contributed by atoms with Crippen LogP contribution in [0.1, 0.15) is 17.7 Å². The first kappa shape index (κ1) is 21.0. The second-order valence-electron chi connectivity index (χ2n) is 6.27. The molecule has 0 saturated heterocycles. The Hall–Kier alpha value is -3.77. The molecule has 13 heteroatoms. The first-order valence-corrected chi connectivity index (χ1v) is 8.48. The van der Waals surface area contributed by atoms with Crippen LogP contribution in [0.2, 0.25) is 0 Å². The molecular weight excluding hydrogens is 412 g/mol. The fraction of sp³-hybridized carbons (Fsp3) is 0.235. The van der Waals surface area contributed by atoms with Crippen LogP contribution in [0.5, 0.6) is 0 Å². The zero-order chi connectivity index (χ0) is 22.0. The number of rotatable bonds is 7. The Balaban J connectivity index is 1.61. The van der Waals surface area contributed by atoms with Gasteiger partial charge in [0, 0.05) is 24.2 Å². The van der Waals surface area contributed by atoms with Crippen molar-refractivity contribution in [1.29, 1.82) is 0 Å². The smallest absolute Gasteiger partial charge is 0.309 e. The van der Waals surface area contributed by atoms with E-state index in [1.165, 1.54) is 24.0 Å². The van der Waals surface area contributed by atoms with Crippen molar-refractivity contribution >= 4 is 17.3 Å². The lowest BCUT2D eigenvalue weighted by Gasteiger charge is -2.07. The molecule has 1 N–H and O–H groups in total. The number of nitro groups is 1. The van der Waals surface area contributed by atoms with Gasteiger partial charge < -0.3 is 5.32 Å². The molecule has 158 valence electrons. The van der Waals surface area contributed by atoms with Crippen molar-refractivity contribution in [1.82, 2.24) is 19.6 Å². The minimum atomic E-state index is -1.79. The minimum Gasteiger partial charge on any atom is -0.323 e. The molecule has 0 radical (unpaired) electrons. The van der Waals surface area contributed by atoms with E-state index in [-0.39, 0.29) is 30.4 Å². The molecule has 9 nitrogen and oxygen atoms in total. The van der Waals surface area contributed by atoms with Gasteiger partial charge in [-0.1, -0.05) is 0 Å². The summed E-state index contributed by atoms with van der Waals surface area (Å²) in [5, 5.41) is 21.0. The van der Waals surface area contributed by atoms with E-state index in [4.69, 9.17) is 0 Å². The first-order valence-electron chi connectivity index (χ1n) is 8.48. The maximum atomic E-state index is 13.8. The van der Waals surface area contributed by atoms with Gasteiger partial charge in [-0.25, -0.2) is 17.6 Å². The first-order chi connectivity index (χ1) is 14.2. The molecule has 1 aromatic carbocycles. The molecule has 1 amide bonds. The summed E-state index contributed by atoms with van der Waals surface area (Å²) in [6.45, 7) is 1.06. The maximum Gasteiger partial charge on any atom is 0.309 e. The van der Waals surface area contributed by atoms with Crippen molar-refractivity contribution in [3.8, 4) is 0 Å². The van der Waals surface area contributed by atoms with Gasteiger partial charge >= 0.3 is 5.69 Å². The summed E-state index contributed by atoms with van der Waals surface area (Å²) in [5.74, 6) is -6.81. The number of amides is 1. The summed E-state index contributed by atoms with van der Waals surface area (Å²) in [6.07, 6.45) is 3.49. The third kappa shape index (κ3) is 4.29. The number of benzene rings is 1. The van der Waals surface area contributed by atoms with E-state index in [2.05, 4.69) is 15.5 Å². The number of aryl methyl sites for hydroxylation is 1. The lowest BCUT2D eigenvalue weighted by atomic mass is 10.2. The largest absolute Gasteiger partial charge is 0.323 e. The zero-order valence-electron chi connectivity index (χ0n) is 15.4. The van der Waals surface area contributed by atoms with Crippen molar-refractivity contribution in [2.24, 2.45) is 0 Å². The second kappa shape index (κ2) is 8.31. The summed E-state index contributed by atoms with van der Waals surface area (Å²) < 4.78 is 56.1. The van der Waals surface area contributed by atoms with E-state index >= 15 is 0 Å². The number of halogens is 4. The fourth-order valence-electron chi connectivity index (χ4n) is 2.70. The maximum absolute atomic E-state index is 13.8. The Morgan fingerprint density at radius 2 is 1.90 bits per heavy atom. The summed E-state index contributed by atoms with van der Waals surface area (Å²) in [4.78, 5) is 22.3. The number of hydrogen-bond donors (Lipinski definition) is 1. The molecule has 2 aromatic heterocycles. The van der Waals surface area contributed by atoms with Gasteiger partial charge in [0.1, 0.15) is 17.7 Å². The summed E-state index contributed by atoms with van der Waals surface area (Å²) in [5.41, 5.74) is -0.373. The summed E-state index contributed by atoms with van der Waals surface area (Å²) >= 11 is 0. The van der Waals surface area contributed by atoms with Crippen LogP contribution in [0.25, 0.3) is 0 Å². The van der Waals surface area contributed by atoms with Crippen molar-refractivity contribution in [3.05, 3.63) is 69.3 Å². The van der Waals surface area contributed by atoms with Gasteiger partial charge in [-0.05, 0) is 6.92 Å². The molecule has 30 heavy (non-hydrogen) atoms. The van der Waals surface area contributed by atoms with Gasteiger partial charge in [0.15, 0.2) is 17.5 Å². The van der Waals surface area contributed by atoms with Gasteiger partial charge in [-0.3, -0.25) is 24.3 Å². The van der Waals surface area contributed by atoms with Gasteiger partial charge in [-0.2, -0.15) is 10.2 Å². The second-order valence-corrected chi connectivity index (χ2v) is 6.27. The Labute approximate surface area is 166 Å². The lowest BCUT2D eigenvalue weighted by Crippen LogP contribution is -2.15. The number of carbonyl (C=O) groups is 1. The van der Waals surface area contributed by atoms with Crippen LogP contribution in [0.3, 0.4) is 0 Å². The quantitative estimate of drug-likeness (QED) is 0.206. The standard InChI is InChI=1S/C17H14F4N6O3/c1-9-14(27(29)30)6-23-26(9)3-2-15(28)24-10-5-22-25(7-10)8-11-12(18)4-13(19)17(21)16(11)20/h4-7H,2-3,8H2,1H3,(H,24,28). The number of nitrogens with zero attached hydrogens (tertiary/aromatic N) is 5. The highest BCUT2D eigenvalue weighted by Crippen LogP contribution is 2.21. The Kier molecular flexibility index (Phi) is 5.80. The number of hydrogen-bond acceptors (Lipinski definition) is 5. The van der Waals surface area contributed by atoms with Crippen LogP contribution >= 0.6 is 0 Å². The SMILES string of the molecule is Cc1c([N+](=O)[O-])cnn1CCC(=O)Nc1cnn(Cc2c(F)cc(F)c(F)c2F)c1. The molecule has 3 aromatic rings. The van der Waals surface area contributed by atoms with E-state index in [9.17, 15) is 32.5 Å². The highest BCUT2D eigenvalue weighted by molar-refractivity contribution is 5.90. The molecule has 0 atom stereocenters. The molecule has 0 fully saturated rings. The molecule has 0 aliphatic rings. The van der Waals surface area contributed by atoms with Crippen molar-refractivity contribution < 1.29 is 27.3 Å². The van der Waals surface area contributed by atoms with E-state index in [1.807, 2.05) is 0 Å². The number of carbonyl (C=O) groups excluding carboxylic acids is 1. The van der Waals surface area contributed by atoms with Gasteiger partial charge in [-0.15, -0.1) is 0 Å². The molecule has 0 bridgehead atoms. The van der Waals surface area contributed by atoms with E-state index in [0.29, 0.717) is 5.69 Å². The molecule has 0 spiro atoms. The van der Waals surface area contributed by atoms with Crippen LogP contribution in [0, 0.1) is 40.3 Å². The van der Waals surface area contributed by atoms with Gasteiger partial charge in [0.05, 0.1) is 29.9 Å². The van der Waals surface area contributed by atoms with Crippen LogP contribution in [-0.4, -0.2) is 30.4 Å². The van der Waals surface area contributed by atoms with Crippen LogP contribution in [-0.2, 0) is 17.9 Å². The van der Waals surface area contributed by atoms with Crippen LogP contribution in [0.15, 0.2) is 24.7 Å². The molecule has 0 aliphatic carbocycles. The predicted octanol–water partition coefficient (Wildman–Crippen LogP) is 2.93. The van der Waals surface area contributed by atoms with Crippen LogP contribution in [0.4, 0.5) is 28.9 Å². The monoisotopic (exact) mass is 426 g/mol. The van der Waals surface area contributed by atoms with Crippen molar-refractivity contribution in [3.63, 3.8) is 0 Å². The highest BCUT2D eigenvalue weighted by atomic mass is 19.2. The fourth-order valence-corrected chi connectivity index (χ4v) is 2.70. The number of aromatic nitrogens is 4. The summed E-state index contributed by atoms with van der Waals surface area (Å²) in [7, 11) is 0. The molecule has 0 unspecified atom stereocenters. The molecule has 3 rings (SSSR count). The molecule has 2 heterocycles. The topological polar surface area (TPSA) is 108 Å². The lowest BCUT2D eigenvalue weighted by molar-refractivity contribution is -0.385. The average molecular weight is 426 g/mol. The zero-order valence-corrected chi connectivity index (χ0v) is 15.4. The molecular formula is C17H14F4N6O3. The van der Waals surface area contributed by atoms with E-state index < -0.39 is 46.2 Å². The van der Waals surface area contributed by atoms with Crippen LogP contribution < -0.4 is 5.32 Å². The van der Waals surface area contributed by atoms with Gasteiger partial charge in [0.25, 0.3) is 0 Å². The minimum absolute atomic E-state index is 0.0583. The van der Waals surface area contributed by atoms with Gasteiger partial charge in [0.2, 0.25) is 5.91 Å².